The van der Waals surface area contributed by atoms with E-state index < -0.39 is 0 Å². The van der Waals surface area contributed by atoms with Gasteiger partial charge in [0.05, 0.1) is 13.7 Å². The van der Waals surface area contributed by atoms with Crippen molar-refractivity contribution in [3.05, 3.63) is 29.8 Å². The number of ether oxygens (including phenoxy) is 2. The molecule has 0 aliphatic carbocycles. The Balaban J connectivity index is 2.15. The van der Waals surface area contributed by atoms with Crippen LogP contribution in [-0.2, 0) is 16.0 Å². The van der Waals surface area contributed by atoms with E-state index in [0.717, 1.165) is 30.6 Å². The van der Waals surface area contributed by atoms with E-state index in [2.05, 4.69) is 6.92 Å². The largest absolute Gasteiger partial charge is 0.497 e. The van der Waals surface area contributed by atoms with Gasteiger partial charge in [-0.1, -0.05) is 38.3 Å². The summed E-state index contributed by atoms with van der Waals surface area (Å²) < 4.78 is 10.3. The number of hydrogen-bond acceptors (Lipinski definition) is 3. The third kappa shape index (κ3) is 6.85. The molecule has 3 heteroatoms. The lowest BCUT2D eigenvalue weighted by Crippen LogP contribution is -2.07. The number of rotatable bonds is 9. The summed E-state index contributed by atoms with van der Waals surface area (Å²) in [6.45, 7) is 2.72. The minimum atomic E-state index is -0.104. The number of carbonyl (C=O) groups excluding carboxylic acids is 1. The van der Waals surface area contributed by atoms with E-state index in [9.17, 15) is 4.79 Å². The van der Waals surface area contributed by atoms with Crippen LogP contribution < -0.4 is 4.74 Å². The standard InChI is InChI=1S/C16H24O3/c1-3-4-5-6-13-19-16(17)12-9-14-7-10-15(18-2)11-8-14/h7-8,10-11H,3-6,9,12-13H2,1-2H3. The minimum Gasteiger partial charge on any atom is -0.497 e. The fraction of sp³-hybridized carbons (Fsp3) is 0.562. The maximum atomic E-state index is 11.5. The van der Waals surface area contributed by atoms with Crippen LogP contribution in [0.4, 0.5) is 0 Å². The van der Waals surface area contributed by atoms with E-state index in [1.807, 2.05) is 24.3 Å². The number of esters is 1. The molecule has 0 spiro atoms. The van der Waals surface area contributed by atoms with Gasteiger partial charge in [-0.15, -0.1) is 0 Å². The Morgan fingerprint density at radius 3 is 2.47 bits per heavy atom. The molecule has 0 aliphatic rings. The van der Waals surface area contributed by atoms with Crippen LogP contribution in [-0.4, -0.2) is 19.7 Å². The number of unbranched alkanes of at least 4 members (excludes halogenated alkanes) is 3. The molecule has 0 unspecified atom stereocenters. The van der Waals surface area contributed by atoms with E-state index >= 15 is 0 Å². The maximum Gasteiger partial charge on any atom is 0.306 e. The monoisotopic (exact) mass is 264 g/mol. The second-order valence-corrected chi connectivity index (χ2v) is 4.63. The van der Waals surface area contributed by atoms with Gasteiger partial charge in [-0.2, -0.15) is 0 Å². The van der Waals surface area contributed by atoms with Crippen molar-refractivity contribution in [2.75, 3.05) is 13.7 Å². The van der Waals surface area contributed by atoms with Gasteiger partial charge >= 0.3 is 5.97 Å². The van der Waals surface area contributed by atoms with Crippen molar-refractivity contribution >= 4 is 5.97 Å². The Morgan fingerprint density at radius 1 is 1.11 bits per heavy atom. The minimum absolute atomic E-state index is 0.104. The molecule has 0 heterocycles. The number of carbonyl (C=O) groups is 1. The number of aryl methyl sites for hydroxylation is 1. The zero-order valence-electron chi connectivity index (χ0n) is 12.0. The Morgan fingerprint density at radius 2 is 1.84 bits per heavy atom. The average molecular weight is 264 g/mol. The number of benzene rings is 1. The molecule has 0 saturated heterocycles. The second-order valence-electron chi connectivity index (χ2n) is 4.63. The Bertz CT molecular complexity index is 357. The molecule has 0 radical (unpaired) electrons. The third-order valence-electron chi connectivity index (χ3n) is 3.04. The van der Waals surface area contributed by atoms with Crippen LogP contribution in [0.3, 0.4) is 0 Å². The first-order valence-electron chi connectivity index (χ1n) is 7.04. The Kier molecular flexibility index (Phi) is 7.71. The highest BCUT2D eigenvalue weighted by molar-refractivity contribution is 5.69. The molecule has 0 amide bonds. The van der Waals surface area contributed by atoms with Gasteiger partial charge in [0.25, 0.3) is 0 Å². The van der Waals surface area contributed by atoms with Crippen LogP contribution in [0.15, 0.2) is 24.3 Å². The molecule has 0 fully saturated rings. The second kappa shape index (κ2) is 9.42. The highest BCUT2D eigenvalue weighted by Crippen LogP contribution is 2.12. The molecular weight excluding hydrogens is 240 g/mol. The predicted octanol–water partition coefficient (Wildman–Crippen LogP) is 3.75. The molecular formula is C16H24O3. The van der Waals surface area contributed by atoms with Gasteiger partial charge in [0.15, 0.2) is 0 Å². The maximum absolute atomic E-state index is 11.5. The summed E-state index contributed by atoms with van der Waals surface area (Å²) in [5.74, 6) is 0.731. The lowest BCUT2D eigenvalue weighted by molar-refractivity contribution is -0.143. The zero-order valence-corrected chi connectivity index (χ0v) is 12.0. The highest BCUT2D eigenvalue weighted by Gasteiger charge is 2.03. The Hall–Kier alpha value is -1.51. The average Bonchev–Trinajstić information content (AvgIpc) is 2.45. The number of hydrogen-bond donors (Lipinski definition) is 0. The van der Waals surface area contributed by atoms with Gasteiger partial charge < -0.3 is 9.47 Å². The van der Waals surface area contributed by atoms with Gasteiger partial charge in [-0.3, -0.25) is 4.79 Å². The van der Waals surface area contributed by atoms with Gasteiger partial charge in [-0.05, 0) is 30.5 Å². The highest BCUT2D eigenvalue weighted by atomic mass is 16.5. The molecule has 0 aromatic heterocycles. The summed E-state index contributed by atoms with van der Waals surface area (Å²) in [6.07, 6.45) is 5.69. The summed E-state index contributed by atoms with van der Waals surface area (Å²) in [5, 5.41) is 0. The van der Waals surface area contributed by atoms with Crippen molar-refractivity contribution < 1.29 is 14.3 Å². The fourth-order valence-electron chi connectivity index (χ4n) is 1.83. The third-order valence-corrected chi connectivity index (χ3v) is 3.04. The molecule has 0 atom stereocenters. The van der Waals surface area contributed by atoms with Crippen LogP contribution in [0.1, 0.15) is 44.6 Å². The lowest BCUT2D eigenvalue weighted by atomic mass is 10.1. The van der Waals surface area contributed by atoms with E-state index in [4.69, 9.17) is 9.47 Å². The van der Waals surface area contributed by atoms with Crippen molar-refractivity contribution in [1.82, 2.24) is 0 Å². The van der Waals surface area contributed by atoms with Crippen molar-refractivity contribution in [3.8, 4) is 5.75 Å². The van der Waals surface area contributed by atoms with Gasteiger partial charge in [0.2, 0.25) is 0 Å². The van der Waals surface area contributed by atoms with Gasteiger partial charge in [0.1, 0.15) is 5.75 Å². The molecule has 1 aromatic rings. The Labute approximate surface area is 115 Å². The van der Waals surface area contributed by atoms with Gasteiger partial charge in [0, 0.05) is 6.42 Å². The van der Waals surface area contributed by atoms with E-state index in [1.165, 1.54) is 12.8 Å². The zero-order chi connectivity index (χ0) is 13.9. The van der Waals surface area contributed by atoms with Crippen molar-refractivity contribution in [2.24, 2.45) is 0 Å². The molecule has 0 N–H and O–H groups in total. The first-order valence-corrected chi connectivity index (χ1v) is 7.04. The molecule has 106 valence electrons. The molecule has 0 saturated carbocycles. The fourth-order valence-corrected chi connectivity index (χ4v) is 1.83. The van der Waals surface area contributed by atoms with Crippen molar-refractivity contribution in [2.45, 2.75) is 45.4 Å². The van der Waals surface area contributed by atoms with Crippen molar-refractivity contribution in [3.63, 3.8) is 0 Å². The summed E-state index contributed by atoms with van der Waals surface area (Å²) in [7, 11) is 1.64. The SMILES string of the molecule is CCCCCCOC(=O)CCc1ccc(OC)cc1. The van der Waals surface area contributed by atoms with E-state index in [1.54, 1.807) is 7.11 Å². The summed E-state index contributed by atoms with van der Waals surface area (Å²) in [4.78, 5) is 11.5. The van der Waals surface area contributed by atoms with Crippen LogP contribution in [0.5, 0.6) is 5.75 Å². The first kappa shape index (κ1) is 15.5. The van der Waals surface area contributed by atoms with E-state index in [-0.39, 0.29) is 5.97 Å². The lowest BCUT2D eigenvalue weighted by Gasteiger charge is -2.05. The first-order chi connectivity index (χ1) is 9.26. The molecule has 1 aromatic carbocycles. The summed E-state index contributed by atoms with van der Waals surface area (Å²) in [6, 6.07) is 7.78. The molecule has 0 aliphatic heterocycles. The topological polar surface area (TPSA) is 35.5 Å². The predicted molar refractivity (Wildman–Crippen MR) is 76.4 cm³/mol. The summed E-state index contributed by atoms with van der Waals surface area (Å²) >= 11 is 0. The van der Waals surface area contributed by atoms with Crippen LogP contribution in [0.25, 0.3) is 0 Å². The van der Waals surface area contributed by atoms with Crippen LogP contribution in [0.2, 0.25) is 0 Å². The van der Waals surface area contributed by atoms with Gasteiger partial charge in [-0.25, -0.2) is 0 Å². The smallest absolute Gasteiger partial charge is 0.306 e. The molecule has 19 heavy (non-hydrogen) atoms. The normalized spacial score (nSPS) is 10.2. The molecule has 0 bridgehead atoms. The quantitative estimate of drug-likeness (QED) is 0.503. The van der Waals surface area contributed by atoms with Crippen LogP contribution in [0, 0.1) is 0 Å². The van der Waals surface area contributed by atoms with E-state index in [0.29, 0.717) is 13.0 Å². The molecule has 1 rings (SSSR count). The summed E-state index contributed by atoms with van der Waals surface area (Å²) in [5.41, 5.74) is 1.13. The van der Waals surface area contributed by atoms with Crippen LogP contribution >= 0.6 is 0 Å². The number of methoxy groups -OCH3 is 1. The molecule has 3 nitrogen and oxygen atoms in total. The van der Waals surface area contributed by atoms with Crippen molar-refractivity contribution in [1.29, 1.82) is 0 Å².